The van der Waals surface area contributed by atoms with Crippen molar-refractivity contribution in [1.29, 1.82) is 10.5 Å². The number of pyridine rings is 4. The first-order valence-electron chi connectivity index (χ1n) is 13.9. The van der Waals surface area contributed by atoms with Crippen LogP contribution >= 0.6 is 15.9 Å². The molecule has 5 rings (SSSR count). The fraction of sp³-hybridized carbons (Fsp3) is 0.333. The van der Waals surface area contributed by atoms with E-state index in [2.05, 4.69) is 69.6 Å². The molecule has 0 spiro atoms. The van der Waals surface area contributed by atoms with Crippen LogP contribution in [0.25, 0.3) is 11.3 Å². The van der Waals surface area contributed by atoms with Crippen molar-refractivity contribution < 1.29 is 9.31 Å². The average Bonchev–Trinajstić information content (AvgIpc) is 3.23. The van der Waals surface area contributed by atoms with E-state index < -0.39 is 0 Å². The van der Waals surface area contributed by atoms with Crippen LogP contribution in [0, 0.1) is 36.5 Å². The highest BCUT2D eigenvalue weighted by Gasteiger charge is 2.51. The Morgan fingerprint density at radius 2 is 1.29 bits per heavy atom. The van der Waals surface area contributed by atoms with E-state index in [-0.39, 0.29) is 25.7 Å². The monoisotopic (exact) mass is 670 g/mol. The SMILES string of the molecule is C.Cc1cc(-c2ncc(CN)cc2C#N)ccn1.Cc1cc(B2OC(C)(C)C(C)(C)O2)ccn1.N#Cc1cc(CN)cnc1Br. The quantitative estimate of drug-likeness (QED) is 0.215. The number of rotatable bonds is 4. The summed E-state index contributed by atoms with van der Waals surface area (Å²) in [6.07, 6.45) is 6.84. The molecule has 4 aromatic heterocycles. The van der Waals surface area contributed by atoms with Crippen molar-refractivity contribution in [2.75, 3.05) is 0 Å². The number of hydrogen-bond donors (Lipinski definition) is 2. The van der Waals surface area contributed by atoms with Crippen molar-refractivity contribution in [3.63, 3.8) is 0 Å². The zero-order valence-corrected chi connectivity index (χ0v) is 27.4. The van der Waals surface area contributed by atoms with Crippen molar-refractivity contribution >= 4 is 28.5 Å². The van der Waals surface area contributed by atoms with Gasteiger partial charge in [-0.1, -0.05) is 7.43 Å². The fourth-order valence-corrected chi connectivity index (χ4v) is 4.31. The standard InChI is InChI=1S/C13H12N4.C12H18BNO2.C7H6BrN3.CH4/c1-9-4-11(2-3-16-9)13-12(7-15)5-10(6-14)8-17-13;1-9-8-10(6-7-14-9)13-15-11(2,3)12(4,5)16-13;8-7-6(3-10)1-5(2-9)4-11-7;/h2-5,8H,6,14H2,1H3;6-8H,1-5H3;1,4H,2,9H2;1H4. The van der Waals surface area contributed by atoms with Crippen LogP contribution in [-0.2, 0) is 22.4 Å². The molecule has 1 saturated heterocycles. The first-order chi connectivity index (χ1) is 20.8. The van der Waals surface area contributed by atoms with Crippen molar-refractivity contribution in [2.24, 2.45) is 11.5 Å². The van der Waals surface area contributed by atoms with Crippen molar-refractivity contribution in [1.82, 2.24) is 19.9 Å². The summed E-state index contributed by atoms with van der Waals surface area (Å²) >= 11 is 3.15. The second kappa shape index (κ2) is 16.3. The van der Waals surface area contributed by atoms with Crippen LogP contribution in [0.5, 0.6) is 0 Å². The van der Waals surface area contributed by atoms with Gasteiger partial charge in [0.25, 0.3) is 0 Å². The molecule has 0 unspecified atom stereocenters. The van der Waals surface area contributed by atoms with Crippen molar-refractivity contribution in [3.8, 4) is 23.4 Å². The van der Waals surface area contributed by atoms with E-state index in [1.54, 1.807) is 36.9 Å². The van der Waals surface area contributed by atoms with E-state index in [1.807, 2.05) is 44.2 Å². The zero-order valence-electron chi connectivity index (χ0n) is 25.8. The van der Waals surface area contributed by atoms with Crippen LogP contribution in [0.4, 0.5) is 0 Å². The molecule has 0 aromatic carbocycles. The molecule has 45 heavy (non-hydrogen) atoms. The molecule has 1 aliphatic heterocycles. The molecule has 4 N–H and O–H groups in total. The van der Waals surface area contributed by atoms with Gasteiger partial charge in [0.05, 0.1) is 28.0 Å². The van der Waals surface area contributed by atoms with Gasteiger partial charge in [0.15, 0.2) is 0 Å². The molecule has 1 fully saturated rings. The lowest BCUT2D eigenvalue weighted by Gasteiger charge is -2.32. The lowest BCUT2D eigenvalue weighted by Crippen LogP contribution is -2.41. The second-order valence-corrected chi connectivity index (χ2v) is 11.8. The van der Waals surface area contributed by atoms with Gasteiger partial charge in [0, 0.05) is 54.8 Å². The highest BCUT2D eigenvalue weighted by Crippen LogP contribution is 2.36. The van der Waals surface area contributed by atoms with Gasteiger partial charge in [0.1, 0.15) is 16.7 Å². The molecule has 0 bridgehead atoms. The predicted molar refractivity (Wildman–Crippen MR) is 181 cm³/mol. The number of nitriles is 2. The predicted octanol–water partition coefficient (Wildman–Crippen LogP) is 5.28. The van der Waals surface area contributed by atoms with Crippen molar-refractivity contribution in [2.45, 2.75) is 73.3 Å². The minimum atomic E-state index is -0.285. The van der Waals surface area contributed by atoms with Gasteiger partial charge in [0.2, 0.25) is 0 Å². The molecule has 1 aliphatic rings. The summed E-state index contributed by atoms with van der Waals surface area (Å²) in [7, 11) is -0.285. The molecule has 4 aromatic rings. The van der Waals surface area contributed by atoms with E-state index in [1.165, 1.54) is 0 Å². The van der Waals surface area contributed by atoms with Crippen LogP contribution < -0.4 is 16.9 Å². The maximum Gasteiger partial charge on any atom is 0.494 e. The third-order valence-corrected chi connectivity index (χ3v) is 7.80. The summed E-state index contributed by atoms with van der Waals surface area (Å²) in [6.45, 7) is 12.9. The summed E-state index contributed by atoms with van der Waals surface area (Å²) in [5, 5.41) is 17.7. The van der Waals surface area contributed by atoms with Gasteiger partial charge in [-0.3, -0.25) is 15.0 Å². The Labute approximate surface area is 275 Å². The summed E-state index contributed by atoms with van der Waals surface area (Å²) in [4.78, 5) is 16.5. The summed E-state index contributed by atoms with van der Waals surface area (Å²) in [5.41, 5.74) is 17.6. The second-order valence-electron chi connectivity index (χ2n) is 11.1. The van der Waals surface area contributed by atoms with Gasteiger partial charge in [-0.15, -0.1) is 0 Å². The van der Waals surface area contributed by atoms with Gasteiger partial charge < -0.3 is 20.8 Å². The summed E-state index contributed by atoms with van der Waals surface area (Å²) in [6, 6.07) is 15.3. The highest BCUT2D eigenvalue weighted by atomic mass is 79.9. The molecular weight excluding hydrogens is 631 g/mol. The Kier molecular flexibility index (Phi) is 13.5. The van der Waals surface area contributed by atoms with Crippen LogP contribution in [0.15, 0.2) is 65.8 Å². The molecule has 0 aliphatic carbocycles. The topological polar surface area (TPSA) is 170 Å². The number of halogens is 1. The molecule has 0 atom stereocenters. The minimum Gasteiger partial charge on any atom is -0.399 e. The fourth-order valence-electron chi connectivity index (χ4n) is 4.00. The first kappa shape index (κ1) is 37.2. The Morgan fingerprint density at radius 1 is 0.778 bits per heavy atom. The Morgan fingerprint density at radius 3 is 1.80 bits per heavy atom. The molecule has 5 heterocycles. The van der Waals surface area contributed by atoms with E-state index >= 15 is 0 Å². The van der Waals surface area contributed by atoms with Gasteiger partial charge >= 0.3 is 7.12 Å². The molecular formula is C33H40BBrN8O2. The van der Waals surface area contributed by atoms with Gasteiger partial charge in [-0.25, -0.2) is 4.98 Å². The van der Waals surface area contributed by atoms with Crippen molar-refractivity contribution in [3.05, 3.63) is 99.4 Å². The third kappa shape index (κ3) is 9.72. The normalized spacial score (nSPS) is 14.0. The van der Waals surface area contributed by atoms with Gasteiger partial charge in [-0.05, 0) is 110 Å². The number of nitrogens with two attached hydrogens (primary N) is 2. The van der Waals surface area contributed by atoms with E-state index in [0.717, 1.165) is 33.5 Å². The van der Waals surface area contributed by atoms with E-state index in [9.17, 15) is 0 Å². The Bertz CT molecular complexity index is 1670. The number of nitrogens with zero attached hydrogens (tertiary/aromatic N) is 6. The third-order valence-electron chi connectivity index (χ3n) is 7.17. The first-order valence-corrected chi connectivity index (χ1v) is 14.7. The molecule has 234 valence electrons. The Balaban J connectivity index is 0.000000238. The molecule has 0 radical (unpaired) electrons. The lowest BCUT2D eigenvalue weighted by atomic mass is 9.79. The van der Waals surface area contributed by atoms with E-state index in [0.29, 0.717) is 34.5 Å². The molecule has 10 nitrogen and oxygen atoms in total. The molecule has 0 saturated carbocycles. The Hall–Kier alpha value is -4.04. The van der Waals surface area contributed by atoms with E-state index in [4.69, 9.17) is 31.3 Å². The summed E-state index contributed by atoms with van der Waals surface area (Å²) in [5.74, 6) is 0. The minimum absolute atomic E-state index is 0. The van der Waals surface area contributed by atoms with Crippen LogP contribution in [0.2, 0.25) is 0 Å². The molecule has 0 amide bonds. The van der Waals surface area contributed by atoms with Crippen LogP contribution in [-0.4, -0.2) is 38.3 Å². The lowest BCUT2D eigenvalue weighted by molar-refractivity contribution is 0.00578. The average molecular weight is 671 g/mol. The maximum absolute atomic E-state index is 9.12. The maximum atomic E-state index is 9.12. The molecule has 12 heteroatoms. The van der Waals surface area contributed by atoms with Crippen LogP contribution in [0.1, 0.15) is 68.8 Å². The van der Waals surface area contributed by atoms with Gasteiger partial charge in [-0.2, -0.15) is 10.5 Å². The summed E-state index contributed by atoms with van der Waals surface area (Å²) < 4.78 is 12.5. The number of aromatic nitrogens is 4. The largest absolute Gasteiger partial charge is 0.494 e. The smallest absolute Gasteiger partial charge is 0.399 e. The van der Waals surface area contributed by atoms with Crippen LogP contribution in [0.3, 0.4) is 0 Å². The number of hydrogen-bond acceptors (Lipinski definition) is 10. The highest BCUT2D eigenvalue weighted by molar-refractivity contribution is 9.10. The zero-order chi connectivity index (χ0) is 32.5. The number of aryl methyl sites for hydroxylation is 2.